The van der Waals surface area contributed by atoms with E-state index in [2.05, 4.69) is 4.98 Å². The van der Waals surface area contributed by atoms with Crippen molar-refractivity contribution in [2.24, 2.45) is 0 Å². The summed E-state index contributed by atoms with van der Waals surface area (Å²) in [7, 11) is 0. The minimum atomic E-state index is -4.50. The summed E-state index contributed by atoms with van der Waals surface area (Å²) in [6, 6.07) is 3.72. The summed E-state index contributed by atoms with van der Waals surface area (Å²) in [6.45, 7) is 2.29. The normalized spacial score (nSPS) is 11.7. The van der Waals surface area contributed by atoms with Crippen molar-refractivity contribution in [3.8, 4) is 17.0 Å². The van der Waals surface area contributed by atoms with Crippen LogP contribution in [-0.4, -0.2) is 11.6 Å². The maximum Gasteiger partial charge on any atom is 0.443 e. The van der Waals surface area contributed by atoms with Gasteiger partial charge in [-0.25, -0.2) is 9.37 Å². The molecule has 2 nitrogen and oxygen atoms in total. The van der Waals surface area contributed by atoms with Gasteiger partial charge in [-0.1, -0.05) is 6.92 Å². The molecule has 0 atom stereocenters. The Bertz CT molecular complexity index is 594. The van der Waals surface area contributed by atoms with Gasteiger partial charge in [0.2, 0.25) is 0 Å². The first-order valence-electron chi connectivity index (χ1n) is 5.87. The molecule has 0 spiro atoms. The van der Waals surface area contributed by atoms with Crippen molar-refractivity contribution >= 4 is 11.3 Å². The Morgan fingerprint density at radius 2 is 2.05 bits per heavy atom. The summed E-state index contributed by atoms with van der Waals surface area (Å²) in [5, 5.41) is 0.286. The van der Waals surface area contributed by atoms with Crippen molar-refractivity contribution in [3.63, 3.8) is 0 Å². The van der Waals surface area contributed by atoms with Crippen LogP contribution in [-0.2, 0) is 6.18 Å². The molecule has 0 saturated carbocycles. The molecular formula is C13H11F4NOS. The molecule has 0 aliphatic rings. The first-order valence-corrected chi connectivity index (χ1v) is 6.75. The molecule has 7 heteroatoms. The monoisotopic (exact) mass is 305 g/mol. The van der Waals surface area contributed by atoms with Crippen molar-refractivity contribution < 1.29 is 22.3 Å². The molecule has 20 heavy (non-hydrogen) atoms. The van der Waals surface area contributed by atoms with Gasteiger partial charge in [-0.3, -0.25) is 0 Å². The van der Waals surface area contributed by atoms with E-state index in [-0.39, 0.29) is 11.3 Å². The largest absolute Gasteiger partial charge is 0.493 e. The molecule has 0 aliphatic heterocycles. The van der Waals surface area contributed by atoms with E-state index in [1.165, 1.54) is 17.5 Å². The Morgan fingerprint density at radius 1 is 1.30 bits per heavy atom. The van der Waals surface area contributed by atoms with Crippen LogP contribution in [0.15, 0.2) is 23.6 Å². The van der Waals surface area contributed by atoms with E-state index in [9.17, 15) is 17.6 Å². The Kier molecular flexibility index (Phi) is 4.27. The molecule has 0 saturated heterocycles. The molecule has 0 amide bonds. The minimum absolute atomic E-state index is 0.0629. The van der Waals surface area contributed by atoms with Gasteiger partial charge in [0.05, 0.1) is 12.3 Å². The lowest BCUT2D eigenvalue weighted by Crippen LogP contribution is -2.04. The molecule has 108 valence electrons. The third kappa shape index (κ3) is 3.27. The van der Waals surface area contributed by atoms with E-state index in [1.807, 2.05) is 6.92 Å². The van der Waals surface area contributed by atoms with Gasteiger partial charge in [-0.05, 0) is 24.6 Å². The predicted octanol–water partition coefficient (Wildman–Crippen LogP) is 4.76. The number of rotatable bonds is 4. The Hall–Kier alpha value is -1.63. The fourth-order valence-corrected chi connectivity index (χ4v) is 2.26. The van der Waals surface area contributed by atoms with Gasteiger partial charge in [0.1, 0.15) is 11.6 Å². The van der Waals surface area contributed by atoms with Crippen LogP contribution >= 0.6 is 11.3 Å². The smallest absolute Gasteiger partial charge is 0.443 e. The number of aromatic nitrogens is 1. The summed E-state index contributed by atoms with van der Waals surface area (Å²) in [5.41, 5.74) is 0.290. The van der Waals surface area contributed by atoms with Gasteiger partial charge >= 0.3 is 6.18 Å². The maximum absolute atomic E-state index is 13.3. The van der Waals surface area contributed by atoms with E-state index in [0.717, 1.165) is 12.5 Å². The second-order valence-electron chi connectivity index (χ2n) is 4.02. The summed E-state index contributed by atoms with van der Waals surface area (Å²) < 4.78 is 56.3. The van der Waals surface area contributed by atoms with Crippen LogP contribution in [0.3, 0.4) is 0 Å². The second-order valence-corrected chi connectivity index (χ2v) is 4.88. The highest BCUT2D eigenvalue weighted by molar-refractivity contribution is 7.10. The lowest BCUT2D eigenvalue weighted by Gasteiger charge is -2.09. The maximum atomic E-state index is 13.3. The van der Waals surface area contributed by atoms with Crippen LogP contribution in [0.4, 0.5) is 17.6 Å². The Balaban J connectivity index is 2.40. The molecule has 0 N–H and O–H groups in total. The standard InChI is InChI=1S/C13H11F4NOS/c1-2-5-19-11-4-3-8(14)6-9(11)10-7-20-12(18-10)13(15,16)17/h3-4,6-7H,2,5H2,1H3. The fourth-order valence-electron chi connectivity index (χ4n) is 1.57. The fraction of sp³-hybridized carbons (Fsp3) is 0.308. The van der Waals surface area contributed by atoms with E-state index in [1.54, 1.807) is 0 Å². The quantitative estimate of drug-likeness (QED) is 0.760. The molecule has 0 fully saturated rings. The molecule has 0 bridgehead atoms. The Morgan fingerprint density at radius 3 is 2.65 bits per heavy atom. The first kappa shape index (κ1) is 14.8. The van der Waals surface area contributed by atoms with Crippen molar-refractivity contribution in [2.45, 2.75) is 19.5 Å². The van der Waals surface area contributed by atoms with Crippen LogP contribution in [0.2, 0.25) is 0 Å². The summed E-state index contributed by atoms with van der Waals surface area (Å²) in [6.07, 6.45) is -3.76. The first-order chi connectivity index (χ1) is 9.41. The van der Waals surface area contributed by atoms with Crippen LogP contribution in [0, 0.1) is 5.82 Å². The molecule has 0 radical (unpaired) electrons. The van der Waals surface area contributed by atoms with E-state index < -0.39 is 17.0 Å². The number of hydrogen-bond donors (Lipinski definition) is 0. The lowest BCUT2D eigenvalue weighted by atomic mass is 10.1. The van der Waals surface area contributed by atoms with E-state index in [4.69, 9.17) is 4.74 Å². The number of benzene rings is 1. The topological polar surface area (TPSA) is 22.1 Å². The lowest BCUT2D eigenvalue weighted by molar-refractivity contribution is -0.137. The van der Waals surface area contributed by atoms with Gasteiger partial charge in [-0.2, -0.15) is 13.2 Å². The Labute approximate surface area is 117 Å². The molecule has 1 heterocycles. The number of thiazole rings is 1. The number of ether oxygens (including phenoxy) is 1. The van der Waals surface area contributed by atoms with Gasteiger partial charge in [-0.15, -0.1) is 11.3 Å². The molecular weight excluding hydrogens is 294 g/mol. The number of hydrogen-bond acceptors (Lipinski definition) is 3. The zero-order chi connectivity index (χ0) is 14.8. The third-order valence-electron chi connectivity index (χ3n) is 2.43. The highest BCUT2D eigenvalue weighted by Crippen LogP contribution is 2.37. The highest BCUT2D eigenvalue weighted by atomic mass is 32.1. The van der Waals surface area contributed by atoms with Gasteiger partial charge < -0.3 is 4.74 Å². The molecule has 1 aromatic carbocycles. The summed E-state index contributed by atoms with van der Waals surface area (Å²) in [4.78, 5) is 3.51. The summed E-state index contributed by atoms with van der Waals surface area (Å²) in [5.74, 6) is -0.224. The zero-order valence-corrected chi connectivity index (χ0v) is 11.3. The van der Waals surface area contributed by atoms with Crippen molar-refractivity contribution in [1.29, 1.82) is 0 Å². The molecule has 0 unspecified atom stereocenters. The number of halogens is 4. The van der Waals surface area contributed by atoms with E-state index >= 15 is 0 Å². The average Bonchev–Trinajstić information content (AvgIpc) is 2.86. The second kappa shape index (κ2) is 5.78. The van der Waals surface area contributed by atoms with Crippen molar-refractivity contribution in [2.75, 3.05) is 6.61 Å². The SMILES string of the molecule is CCCOc1ccc(F)cc1-c1csc(C(F)(F)F)n1. The minimum Gasteiger partial charge on any atom is -0.493 e. The number of alkyl halides is 3. The van der Waals surface area contributed by atoms with Gasteiger partial charge in [0, 0.05) is 10.9 Å². The highest BCUT2D eigenvalue weighted by Gasteiger charge is 2.34. The predicted molar refractivity (Wildman–Crippen MR) is 68.3 cm³/mol. The molecule has 2 rings (SSSR count). The molecule has 2 aromatic rings. The van der Waals surface area contributed by atoms with Crippen LogP contribution in [0.25, 0.3) is 11.3 Å². The average molecular weight is 305 g/mol. The van der Waals surface area contributed by atoms with Crippen molar-refractivity contribution in [3.05, 3.63) is 34.4 Å². The molecule has 1 aromatic heterocycles. The van der Waals surface area contributed by atoms with Crippen molar-refractivity contribution in [1.82, 2.24) is 4.98 Å². The molecule has 0 aliphatic carbocycles. The third-order valence-corrected chi connectivity index (χ3v) is 3.31. The summed E-state index contributed by atoms with van der Waals surface area (Å²) >= 11 is 0.476. The zero-order valence-electron chi connectivity index (χ0n) is 10.5. The number of nitrogens with zero attached hydrogens (tertiary/aromatic N) is 1. The van der Waals surface area contributed by atoms with Gasteiger partial charge in [0.15, 0.2) is 5.01 Å². The van der Waals surface area contributed by atoms with Gasteiger partial charge in [0.25, 0.3) is 0 Å². The van der Waals surface area contributed by atoms with Crippen LogP contribution < -0.4 is 4.74 Å². The van der Waals surface area contributed by atoms with Crippen LogP contribution in [0.1, 0.15) is 18.4 Å². The van der Waals surface area contributed by atoms with E-state index in [0.29, 0.717) is 23.7 Å². The van der Waals surface area contributed by atoms with Crippen LogP contribution in [0.5, 0.6) is 5.75 Å².